The van der Waals surface area contributed by atoms with Gasteiger partial charge in [-0.15, -0.1) is 16.4 Å². The molecule has 0 saturated carbocycles. The number of hydrogen-bond acceptors (Lipinski definition) is 8. The predicted octanol–water partition coefficient (Wildman–Crippen LogP) is 3.92. The van der Waals surface area contributed by atoms with E-state index in [1.54, 1.807) is 39.7 Å². The molecular formula is C24H18ClN7O3S. The van der Waals surface area contributed by atoms with Gasteiger partial charge in [0.25, 0.3) is 5.56 Å². The molecule has 0 bridgehead atoms. The van der Waals surface area contributed by atoms with Gasteiger partial charge in [0, 0.05) is 33.3 Å². The number of aryl methyl sites for hydroxylation is 1. The number of tetrazole rings is 1. The van der Waals surface area contributed by atoms with Crippen LogP contribution in [0.4, 0.5) is 0 Å². The summed E-state index contributed by atoms with van der Waals surface area (Å²) in [5.74, 6) is 0.322. The van der Waals surface area contributed by atoms with Crippen molar-refractivity contribution in [2.24, 2.45) is 0 Å². The summed E-state index contributed by atoms with van der Waals surface area (Å²) in [6.45, 7) is 0. The lowest BCUT2D eigenvalue weighted by Crippen LogP contribution is -2.23. The zero-order valence-corrected chi connectivity index (χ0v) is 20.5. The van der Waals surface area contributed by atoms with Gasteiger partial charge in [-0.2, -0.15) is 4.68 Å². The minimum atomic E-state index is -0.374. The van der Waals surface area contributed by atoms with E-state index in [4.69, 9.17) is 16.3 Å². The van der Waals surface area contributed by atoms with E-state index in [0.29, 0.717) is 15.7 Å². The molecule has 4 aromatic heterocycles. The summed E-state index contributed by atoms with van der Waals surface area (Å²) in [4.78, 5) is 33.5. The molecule has 10 nitrogen and oxygen atoms in total. The van der Waals surface area contributed by atoms with Gasteiger partial charge in [-0.1, -0.05) is 11.6 Å². The number of imidazole rings is 1. The third-order valence-corrected chi connectivity index (χ3v) is 7.35. The number of rotatable bonds is 5. The maximum Gasteiger partial charge on any atom is 0.348 e. The van der Waals surface area contributed by atoms with E-state index in [1.165, 1.54) is 24.8 Å². The van der Waals surface area contributed by atoms with Crippen LogP contribution in [0.5, 0.6) is 0 Å². The summed E-state index contributed by atoms with van der Waals surface area (Å²) in [6, 6.07) is 10.5. The lowest BCUT2D eigenvalue weighted by Gasteiger charge is -2.15. The second kappa shape index (κ2) is 8.85. The van der Waals surface area contributed by atoms with Crippen molar-refractivity contribution < 1.29 is 9.53 Å². The van der Waals surface area contributed by atoms with E-state index in [1.807, 2.05) is 17.5 Å². The Morgan fingerprint density at radius 3 is 2.92 bits per heavy atom. The number of aromatic nitrogens is 7. The number of thiophene rings is 1. The fraction of sp³-hybridized carbons (Fsp3) is 0.167. The molecule has 0 saturated heterocycles. The van der Waals surface area contributed by atoms with E-state index < -0.39 is 0 Å². The van der Waals surface area contributed by atoms with Crippen molar-refractivity contribution in [1.82, 2.24) is 34.7 Å². The average Bonchev–Trinajstić information content (AvgIpc) is 3.68. The molecule has 0 aliphatic carbocycles. The first-order valence-corrected chi connectivity index (χ1v) is 12.3. The van der Waals surface area contributed by atoms with Crippen molar-refractivity contribution in [3.8, 4) is 28.1 Å². The standard InChI is InChI=1S/C24H18ClN7O3S/c1-35-24(34)21-7-14(11-36-21)18-10-26-23(28-18)20-5-3-16-6-13(8-22(33)32(16)20)17-9-15(25)2-4-19(17)31-12-27-29-30-31/h2,4,6-12,20H,3,5H2,1H3,(H,26,28). The number of pyridine rings is 1. The third kappa shape index (κ3) is 3.82. The molecule has 1 aliphatic heterocycles. The minimum Gasteiger partial charge on any atom is -0.465 e. The van der Waals surface area contributed by atoms with Crippen LogP contribution in [0.1, 0.15) is 33.7 Å². The Morgan fingerprint density at radius 1 is 1.22 bits per heavy atom. The number of esters is 1. The highest BCUT2D eigenvalue weighted by molar-refractivity contribution is 7.12. The molecule has 6 rings (SSSR count). The normalized spacial score (nSPS) is 14.7. The number of fused-ring (bicyclic) bond motifs is 1. The topological polar surface area (TPSA) is 121 Å². The van der Waals surface area contributed by atoms with Crippen LogP contribution >= 0.6 is 22.9 Å². The van der Waals surface area contributed by atoms with Crippen molar-refractivity contribution in [3.05, 3.63) is 86.1 Å². The van der Waals surface area contributed by atoms with Crippen molar-refractivity contribution in [3.63, 3.8) is 0 Å². The molecule has 0 amide bonds. The lowest BCUT2D eigenvalue weighted by molar-refractivity contribution is 0.0606. The summed E-state index contributed by atoms with van der Waals surface area (Å²) in [6.07, 6.45) is 4.67. The first kappa shape index (κ1) is 22.4. The molecule has 0 fully saturated rings. The molecule has 1 unspecified atom stereocenters. The van der Waals surface area contributed by atoms with Crippen molar-refractivity contribution >= 4 is 28.9 Å². The molecule has 36 heavy (non-hydrogen) atoms. The maximum atomic E-state index is 13.4. The van der Waals surface area contributed by atoms with Gasteiger partial charge in [-0.3, -0.25) is 4.79 Å². The lowest BCUT2D eigenvalue weighted by atomic mass is 10.0. The molecule has 1 aromatic carbocycles. The van der Waals surface area contributed by atoms with Crippen LogP contribution in [0.2, 0.25) is 5.02 Å². The number of halogens is 1. The van der Waals surface area contributed by atoms with E-state index >= 15 is 0 Å². The van der Waals surface area contributed by atoms with E-state index in [9.17, 15) is 9.59 Å². The molecular weight excluding hydrogens is 502 g/mol. The molecule has 1 atom stereocenters. The van der Waals surface area contributed by atoms with Crippen LogP contribution in [-0.4, -0.2) is 47.8 Å². The summed E-state index contributed by atoms with van der Waals surface area (Å²) < 4.78 is 8.11. The Balaban J connectivity index is 1.35. The van der Waals surface area contributed by atoms with Crippen LogP contribution in [0.25, 0.3) is 28.1 Å². The van der Waals surface area contributed by atoms with E-state index in [2.05, 4.69) is 25.5 Å². The van der Waals surface area contributed by atoms with E-state index in [-0.39, 0.29) is 17.6 Å². The molecule has 5 aromatic rings. The van der Waals surface area contributed by atoms with Gasteiger partial charge in [0.1, 0.15) is 17.0 Å². The number of carbonyl (C=O) groups is 1. The summed E-state index contributed by atoms with van der Waals surface area (Å²) in [7, 11) is 1.36. The predicted molar refractivity (Wildman–Crippen MR) is 134 cm³/mol. The van der Waals surface area contributed by atoms with Crippen LogP contribution in [0.15, 0.2) is 59.1 Å². The van der Waals surface area contributed by atoms with Crippen molar-refractivity contribution in [2.75, 3.05) is 7.11 Å². The highest BCUT2D eigenvalue weighted by atomic mass is 35.5. The fourth-order valence-corrected chi connectivity index (χ4v) is 5.55. The Bertz CT molecular complexity index is 1650. The molecule has 1 aliphatic rings. The van der Waals surface area contributed by atoms with Gasteiger partial charge in [0.2, 0.25) is 0 Å². The smallest absolute Gasteiger partial charge is 0.348 e. The highest BCUT2D eigenvalue weighted by Crippen LogP contribution is 2.34. The Kier molecular flexibility index (Phi) is 5.50. The second-order valence-corrected chi connectivity index (χ2v) is 9.63. The summed E-state index contributed by atoms with van der Waals surface area (Å²) in [5.41, 5.74) is 4.63. The summed E-state index contributed by atoms with van der Waals surface area (Å²) in [5, 5.41) is 13.8. The first-order valence-electron chi connectivity index (χ1n) is 11.0. The zero-order chi connectivity index (χ0) is 24.8. The summed E-state index contributed by atoms with van der Waals surface area (Å²) >= 11 is 7.60. The number of nitrogens with zero attached hydrogens (tertiary/aromatic N) is 6. The molecule has 5 heterocycles. The van der Waals surface area contributed by atoms with Crippen LogP contribution < -0.4 is 5.56 Å². The number of methoxy groups -OCH3 is 1. The van der Waals surface area contributed by atoms with E-state index in [0.717, 1.165) is 46.6 Å². The largest absolute Gasteiger partial charge is 0.465 e. The third-order valence-electron chi connectivity index (χ3n) is 6.21. The Morgan fingerprint density at radius 2 is 2.11 bits per heavy atom. The Hall–Kier alpha value is -4.09. The van der Waals surface area contributed by atoms with Crippen molar-refractivity contribution in [2.45, 2.75) is 18.9 Å². The molecule has 12 heteroatoms. The Labute approximate surface area is 213 Å². The number of benzene rings is 1. The molecule has 0 radical (unpaired) electrons. The van der Waals surface area contributed by atoms with Gasteiger partial charge in [-0.05, 0) is 59.2 Å². The SMILES string of the molecule is COC(=O)c1cc(-c2cnc(C3CCc4cc(-c5cc(Cl)ccc5-n5cnnn5)cc(=O)n43)[nH]2)cs1. The van der Waals surface area contributed by atoms with Gasteiger partial charge >= 0.3 is 5.97 Å². The van der Waals surface area contributed by atoms with Gasteiger partial charge in [0.05, 0.1) is 30.7 Å². The van der Waals surface area contributed by atoms with Crippen LogP contribution in [0.3, 0.4) is 0 Å². The monoisotopic (exact) mass is 519 g/mol. The van der Waals surface area contributed by atoms with Crippen LogP contribution in [-0.2, 0) is 11.2 Å². The number of H-pyrrole nitrogens is 1. The van der Waals surface area contributed by atoms with Gasteiger partial charge in [-0.25, -0.2) is 9.78 Å². The quantitative estimate of drug-likeness (QED) is 0.349. The number of aromatic amines is 1. The van der Waals surface area contributed by atoms with Crippen molar-refractivity contribution in [1.29, 1.82) is 0 Å². The fourth-order valence-electron chi connectivity index (χ4n) is 4.56. The maximum absolute atomic E-state index is 13.4. The molecule has 180 valence electrons. The first-order chi connectivity index (χ1) is 17.5. The minimum absolute atomic E-state index is 0.130. The number of hydrogen-bond donors (Lipinski definition) is 1. The van der Waals surface area contributed by atoms with Gasteiger partial charge in [0.15, 0.2) is 0 Å². The zero-order valence-electron chi connectivity index (χ0n) is 18.9. The van der Waals surface area contributed by atoms with Gasteiger partial charge < -0.3 is 14.3 Å². The molecule has 1 N–H and O–H groups in total. The number of nitrogens with one attached hydrogen (secondary N) is 1. The second-order valence-electron chi connectivity index (χ2n) is 8.29. The number of ether oxygens (including phenoxy) is 1. The molecule has 0 spiro atoms. The van der Waals surface area contributed by atoms with Crippen LogP contribution in [0, 0.1) is 0 Å². The number of carbonyl (C=O) groups excluding carboxylic acids is 1. The highest BCUT2D eigenvalue weighted by Gasteiger charge is 2.28. The average molecular weight is 520 g/mol.